The number of rotatable bonds is 2. The monoisotopic (exact) mass is 245 g/mol. The second-order valence-corrected chi connectivity index (χ2v) is 5.59. The first-order valence-corrected chi connectivity index (χ1v) is 7.01. The lowest BCUT2D eigenvalue weighted by Gasteiger charge is -2.48. The number of piperazine rings is 1. The van der Waals surface area contributed by atoms with Crippen molar-refractivity contribution >= 4 is 5.69 Å². The zero-order valence-electron chi connectivity index (χ0n) is 11.4. The van der Waals surface area contributed by atoms with Gasteiger partial charge in [-0.05, 0) is 25.0 Å². The SMILES string of the molecule is Cc1cccc(C)c1N1CC(N2CCNCC2)C1. The largest absolute Gasteiger partial charge is 0.368 e. The Morgan fingerprint density at radius 3 is 2.28 bits per heavy atom. The van der Waals surface area contributed by atoms with Crippen molar-refractivity contribution in [2.45, 2.75) is 19.9 Å². The topological polar surface area (TPSA) is 18.5 Å². The number of nitrogens with zero attached hydrogens (tertiary/aromatic N) is 2. The van der Waals surface area contributed by atoms with Crippen LogP contribution in [0, 0.1) is 13.8 Å². The number of para-hydroxylation sites is 1. The molecule has 0 amide bonds. The number of hydrogen-bond donors (Lipinski definition) is 1. The lowest BCUT2D eigenvalue weighted by molar-refractivity contribution is 0.147. The molecule has 0 spiro atoms. The summed E-state index contributed by atoms with van der Waals surface area (Å²) < 4.78 is 0. The first-order chi connectivity index (χ1) is 8.75. The number of aryl methyl sites for hydroxylation is 2. The van der Waals surface area contributed by atoms with Gasteiger partial charge < -0.3 is 10.2 Å². The lowest BCUT2D eigenvalue weighted by atomic mass is 10.0. The van der Waals surface area contributed by atoms with E-state index in [1.807, 2.05) is 0 Å². The second kappa shape index (κ2) is 4.90. The number of benzene rings is 1. The summed E-state index contributed by atoms with van der Waals surface area (Å²) in [6, 6.07) is 7.37. The third-order valence-electron chi connectivity index (χ3n) is 4.29. The lowest BCUT2D eigenvalue weighted by Crippen LogP contribution is -2.63. The molecule has 2 heterocycles. The first kappa shape index (κ1) is 12.0. The van der Waals surface area contributed by atoms with E-state index in [0.29, 0.717) is 0 Å². The van der Waals surface area contributed by atoms with Crippen LogP contribution in [-0.4, -0.2) is 50.2 Å². The Balaban J connectivity index is 1.64. The highest BCUT2D eigenvalue weighted by Gasteiger charge is 2.33. The highest BCUT2D eigenvalue weighted by atomic mass is 15.3. The van der Waals surface area contributed by atoms with Gasteiger partial charge in [0.25, 0.3) is 0 Å². The van der Waals surface area contributed by atoms with Crippen molar-refractivity contribution in [3.05, 3.63) is 29.3 Å². The van der Waals surface area contributed by atoms with Gasteiger partial charge in [-0.2, -0.15) is 0 Å². The van der Waals surface area contributed by atoms with Gasteiger partial charge in [0.2, 0.25) is 0 Å². The molecule has 0 bridgehead atoms. The molecule has 0 unspecified atom stereocenters. The molecule has 0 radical (unpaired) electrons. The summed E-state index contributed by atoms with van der Waals surface area (Å²) in [6.07, 6.45) is 0. The minimum absolute atomic E-state index is 0.770. The van der Waals surface area contributed by atoms with Gasteiger partial charge in [-0.1, -0.05) is 18.2 Å². The van der Waals surface area contributed by atoms with Crippen LogP contribution in [0.3, 0.4) is 0 Å². The van der Waals surface area contributed by atoms with E-state index in [4.69, 9.17) is 0 Å². The Hall–Kier alpha value is -1.06. The second-order valence-electron chi connectivity index (χ2n) is 5.59. The Labute approximate surface area is 110 Å². The van der Waals surface area contributed by atoms with Gasteiger partial charge in [0, 0.05) is 51.0 Å². The molecular formula is C15H23N3. The molecule has 3 heteroatoms. The molecule has 1 aromatic rings. The third kappa shape index (κ3) is 2.13. The van der Waals surface area contributed by atoms with Crippen molar-refractivity contribution < 1.29 is 0 Å². The predicted molar refractivity (Wildman–Crippen MR) is 76.4 cm³/mol. The van der Waals surface area contributed by atoms with Crippen LogP contribution < -0.4 is 10.2 Å². The van der Waals surface area contributed by atoms with Crippen LogP contribution in [0.25, 0.3) is 0 Å². The van der Waals surface area contributed by atoms with E-state index in [2.05, 4.69) is 47.2 Å². The van der Waals surface area contributed by atoms with Gasteiger partial charge >= 0.3 is 0 Å². The fourth-order valence-electron chi connectivity index (χ4n) is 3.22. The summed E-state index contributed by atoms with van der Waals surface area (Å²) in [5.74, 6) is 0. The predicted octanol–water partition coefficient (Wildman–Crippen LogP) is 1.40. The van der Waals surface area contributed by atoms with Crippen molar-refractivity contribution in [2.24, 2.45) is 0 Å². The van der Waals surface area contributed by atoms with Crippen LogP contribution in [0.1, 0.15) is 11.1 Å². The van der Waals surface area contributed by atoms with Crippen LogP contribution in [0.5, 0.6) is 0 Å². The zero-order valence-corrected chi connectivity index (χ0v) is 11.4. The van der Waals surface area contributed by atoms with Gasteiger partial charge in [0.1, 0.15) is 0 Å². The highest BCUT2D eigenvalue weighted by Crippen LogP contribution is 2.30. The molecule has 18 heavy (non-hydrogen) atoms. The van der Waals surface area contributed by atoms with E-state index in [0.717, 1.165) is 19.1 Å². The summed E-state index contributed by atoms with van der Waals surface area (Å²) in [7, 11) is 0. The Bertz CT molecular complexity index is 397. The van der Waals surface area contributed by atoms with E-state index in [1.165, 1.54) is 43.0 Å². The van der Waals surface area contributed by atoms with E-state index < -0.39 is 0 Å². The van der Waals surface area contributed by atoms with E-state index in [1.54, 1.807) is 0 Å². The molecule has 1 N–H and O–H groups in total. The fraction of sp³-hybridized carbons (Fsp3) is 0.600. The molecule has 0 aromatic heterocycles. The van der Waals surface area contributed by atoms with E-state index in [-0.39, 0.29) is 0 Å². The summed E-state index contributed by atoms with van der Waals surface area (Å²) in [5.41, 5.74) is 4.28. The third-order valence-corrected chi connectivity index (χ3v) is 4.29. The van der Waals surface area contributed by atoms with Gasteiger partial charge in [0.05, 0.1) is 0 Å². The molecule has 1 aromatic carbocycles. The smallest absolute Gasteiger partial charge is 0.0447 e. The molecule has 0 saturated carbocycles. The quantitative estimate of drug-likeness (QED) is 0.849. The van der Waals surface area contributed by atoms with Gasteiger partial charge in [-0.3, -0.25) is 4.90 Å². The highest BCUT2D eigenvalue weighted by molar-refractivity contribution is 5.60. The molecule has 2 fully saturated rings. The molecular weight excluding hydrogens is 222 g/mol. The van der Waals surface area contributed by atoms with Crippen LogP contribution in [0.15, 0.2) is 18.2 Å². The number of anilines is 1. The molecule has 0 aliphatic carbocycles. The van der Waals surface area contributed by atoms with Crippen molar-refractivity contribution in [3.63, 3.8) is 0 Å². The average molecular weight is 245 g/mol. The minimum Gasteiger partial charge on any atom is -0.368 e. The summed E-state index contributed by atoms with van der Waals surface area (Å²) in [5, 5.41) is 3.42. The maximum absolute atomic E-state index is 3.42. The van der Waals surface area contributed by atoms with Gasteiger partial charge in [0.15, 0.2) is 0 Å². The molecule has 2 aliphatic rings. The Morgan fingerprint density at radius 1 is 1.06 bits per heavy atom. The average Bonchev–Trinajstić information content (AvgIpc) is 2.32. The van der Waals surface area contributed by atoms with Crippen molar-refractivity contribution in [1.82, 2.24) is 10.2 Å². The number of hydrogen-bond acceptors (Lipinski definition) is 3. The summed E-state index contributed by atoms with van der Waals surface area (Å²) >= 11 is 0. The first-order valence-electron chi connectivity index (χ1n) is 7.01. The van der Waals surface area contributed by atoms with E-state index in [9.17, 15) is 0 Å². The molecule has 98 valence electrons. The van der Waals surface area contributed by atoms with Gasteiger partial charge in [-0.25, -0.2) is 0 Å². The molecule has 0 atom stereocenters. The minimum atomic E-state index is 0.770. The van der Waals surface area contributed by atoms with Crippen molar-refractivity contribution in [1.29, 1.82) is 0 Å². The summed E-state index contributed by atoms with van der Waals surface area (Å²) in [6.45, 7) is 11.6. The normalized spacial score (nSPS) is 22.0. The Morgan fingerprint density at radius 2 is 1.67 bits per heavy atom. The standard InChI is InChI=1S/C15H23N3/c1-12-4-3-5-13(2)15(12)18-10-14(11-18)17-8-6-16-7-9-17/h3-5,14,16H,6-11H2,1-2H3. The Kier molecular flexibility index (Phi) is 3.27. The number of nitrogens with one attached hydrogen (secondary N) is 1. The maximum atomic E-state index is 3.42. The van der Waals surface area contributed by atoms with Crippen LogP contribution in [0.4, 0.5) is 5.69 Å². The van der Waals surface area contributed by atoms with Crippen molar-refractivity contribution in [2.75, 3.05) is 44.2 Å². The van der Waals surface area contributed by atoms with Crippen LogP contribution in [-0.2, 0) is 0 Å². The molecule has 3 rings (SSSR count). The fourth-order valence-corrected chi connectivity index (χ4v) is 3.22. The van der Waals surface area contributed by atoms with Gasteiger partial charge in [-0.15, -0.1) is 0 Å². The maximum Gasteiger partial charge on any atom is 0.0447 e. The molecule has 2 saturated heterocycles. The zero-order chi connectivity index (χ0) is 12.5. The molecule has 3 nitrogen and oxygen atoms in total. The van der Waals surface area contributed by atoms with Crippen LogP contribution in [0.2, 0.25) is 0 Å². The summed E-state index contributed by atoms with van der Waals surface area (Å²) in [4.78, 5) is 5.18. The van der Waals surface area contributed by atoms with Crippen molar-refractivity contribution in [3.8, 4) is 0 Å². The van der Waals surface area contributed by atoms with E-state index >= 15 is 0 Å². The molecule has 2 aliphatic heterocycles. The van der Waals surface area contributed by atoms with Crippen LogP contribution >= 0.6 is 0 Å².